The van der Waals surface area contributed by atoms with Crippen molar-refractivity contribution < 1.29 is 14.3 Å². The van der Waals surface area contributed by atoms with Gasteiger partial charge in [-0.3, -0.25) is 4.79 Å². The summed E-state index contributed by atoms with van der Waals surface area (Å²) in [7, 11) is 0. The van der Waals surface area contributed by atoms with Crippen molar-refractivity contribution in [2.75, 3.05) is 6.61 Å². The first-order valence-electron chi connectivity index (χ1n) is 7.74. The average molecular weight is 343 g/mol. The number of hydrogen-bond donors (Lipinski definition) is 1. The van der Waals surface area contributed by atoms with Gasteiger partial charge in [-0.1, -0.05) is 35.9 Å². The fourth-order valence-electron chi connectivity index (χ4n) is 2.16. The molecule has 0 bridgehead atoms. The SMILES string of the molecule is Cc1cccc(/C=C(/C(=O)OCC(=O)NC(C)C)c2cccs2)c1. The molecule has 0 unspecified atom stereocenters. The van der Waals surface area contributed by atoms with Crippen LogP contribution >= 0.6 is 11.3 Å². The molecule has 0 aliphatic heterocycles. The van der Waals surface area contributed by atoms with Crippen molar-refractivity contribution in [3.8, 4) is 0 Å². The van der Waals surface area contributed by atoms with Crippen LogP contribution in [0, 0.1) is 6.92 Å². The van der Waals surface area contributed by atoms with Crippen LogP contribution in [0.4, 0.5) is 0 Å². The summed E-state index contributed by atoms with van der Waals surface area (Å²) >= 11 is 1.46. The summed E-state index contributed by atoms with van der Waals surface area (Å²) in [5.41, 5.74) is 2.48. The summed E-state index contributed by atoms with van der Waals surface area (Å²) < 4.78 is 5.18. The average Bonchev–Trinajstić information content (AvgIpc) is 3.04. The summed E-state index contributed by atoms with van der Waals surface area (Å²) in [4.78, 5) is 24.9. The smallest absolute Gasteiger partial charge is 0.340 e. The van der Waals surface area contributed by atoms with Crippen LogP contribution in [0.25, 0.3) is 11.6 Å². The van der Waals surface area contributed by atoms with Crippen molar-refractivity contribution in [3.63, 3.8) is 0 Å². The van der Waals surface area contributed by atoms with Crippen molar-refractivity contribution in [2.45, 2.75) is 26.8 Å². The number of amides is 1. The van der Waals surface area contributed by atoms with Crippen LogP contribution in [0.1, 0.15) is 29.9 Å². The number of nitrogens with one attached hydrogen (secondary N) is 1. The lowest BCUT2D eigenvalue weighted by Gasteiger charge is -2.10. The number of esters is 1. The second kappa shape index (κ2) is 8.45. The zero-order valence-electron chi connectivity index (χ0n) is 14.0. The van der Waals surface area contributed by atoms with Crippen molar-refractivity contribution in [3.05, 3.63) is 57.8 Å². The van der Waals surface area contributed by atoms with Crippen LogP contribution < -0.4 is 5.32 Å². The first kappa shape index (κ1) is 17.9. The first-order chi connectivity index (χ1) is 11.5. The highest BCUT2D eigenvalue weighted by molar-refractivity contribution is 7.11. The Kier molecular flexibility index (Phi) is 6.32. The third kappa shape index (κ3) is 5.35. The third-order valence-corrected chi connectivity index (χ3v) is 4.05. The summed E-state index contributed by atoms with van der Waals surface area (Å²) in [6.07, 6.45) is 1.79. The lowest BCUT2D eigenvalue weighted by atomic mass is 10.1. The Morgan fingerprint density at radius 1 is 1.25 bits per heavy atom. The molecule has 1 heterocycles. The second-order valence-corrected chi connectivity index (χ2v) is 6.70. The van der Waals surface area contributed by atoms with Crippen LogP contribution in [0.5, 0.6) is 0 Å². The van der Waals surface area contributed by atoms with Gasteiger partial charge in [0.1, 0.15) is 0 Å². The maximum atomic E-state index is 12.5. The van der Waals surface area contributed by atoms with Crippen LogP contribution in [0.15, 0.2) is 41.8 Å². The van der Waals surface area contributed by atoms with Crippen LogP contribution in [0.2, 0.25) is 0 Å². The predicted molar refractivity (Wildman–Crippen MR) is 97.6 cm³/mol. The molecule has 0 aliphatic carbocycles. The molecule has 4 nitrogen and oxygen atoms in total. The largest absolute Gasteiger partial charge is 0.452 e. The number of benzene rings is 1. The molecular formula is C19H21NO3S. The molecule has 1 aromatic heterocycles. The van der Waals surface area contributed by atoms with E-state index in [4.69, 9.17) is 4.74 Å². The van der Waals surface area contributed by atoms with Gasteiger partial charge >= 0.3 is 5.97 Å². The highest BCUT2D eigenvalue weighted by Crippen LogP contribution is 2.24. The molecule has 0 saturated carbocycles. The van der Waals surface area contributed by atoms with Gasteiger partial charge in [0.15, 0.2) is 6.61 Å². The van der Waals surface area contributed by atoms with Gasteiger partial charge in [0.2, 0.25) is 0 Å². The lowest BCUT2D eigenvalue weighted by Crippen LogP contribution is -2.34. The Labute approximate surface area is 146 Å². The highest BCUT2D eigenvalue weighted by atomic mass is 32.1. The normalized spacial score (nSPS) is 11.4. The molecule has 0 fully saturated rings. The van der Waals surface area contributed by atoms with Crippen molar-refractivity contribution >= 4 is 34.9 Å². The van der Waals surface area contributed by atoms with Gasteiger partial charge in [0, 0.05) is 10.9 Å². The van der Waals surface area contributed by atoms with Gasteiger partial charge in [-0.2, -0.15) is 0 Å². The van der Waals surface area contributed by atoms with E-state index in [9.17, 15) is 9.59 Å². The van der Waals surface area contributed by atoms with E-state index in [1.54, 1.807) is 6.08 Å². The first-order valence-corrected chi connectivity index (χ1v) is 8.62. The number of carbonyl (C=O) groups excluding carboxylic acids is 2. The third-order valence-electron chi connectivity index (χ3n) is 3.14. The Balaban J connectivity index is 2.18. The van der Waals surface area contributed by atoms with Crippen molar-refractivity contribution in [2.24, 2.45) is 0 Å². The Morgan fingerprint density at radius 3 is 2.67 bits per heavy atom. The van der Waals surface area contributed by atoms with Gasteiger partial charge in [-0.15, -0.1) is 11.3 Å². The summed E-state index contributed by atoms with van der Waals surface area (Å²) in [6.45, 7) is 5.42. The molecule has 1 N–H and O–H groups in total. The Bertz CT molecular complexity index is 733. The number of thiophene rings is 1. The van der Waals surface area contributed by atoms with E-state index in [0.717, 1.165) is 16.0 Å². The van der Waals surface area contributed by atoms with Gasteiger partial charge in [0.05, 0.1) is 5.57 Å². The molecule has 2 aromatic rings. The van der Waals surface area contributed by atoms with E-state index >= 15 is 0 Å². The zero-order valence-corrected chi connectivity index (χ0v) is 14.9. The quantitative estimate of drug-likeness (QED) is 0.643. The maximum absolute atomic E-state index is 12.5. The Morgan fingerprint density at radius 2 is 2.04 bits per heavy atom. The standard InChI is InChI=1S/C19H21NO3S/c1-13(2)20-18(21)12-23-19(22)16(17-8-5-9-24-17)11-15-7-4-6-14(3)10-15/h4-11,13H,12H2,1-3H3,(H,20,21)/b16-11+. The van der Waals surface area contributed by atoms with E-state index in [1.807, 2.05) is 62.5 Å². The minimum absolute atomic E-state index is 0.0100. The molecule has 1 aromatic carbocycles. The van der Waals surface area contributed by atoms with E-state index in [-0.39, 0.29) is 18.6 Å². The fraction of sp³-hybridized carbons (Fsp3) is 0.263. The maximum Gasteiger partial charge on any atom is 0.340 e. The van der Waals surface area contributed by atoms with Gasteiger partial charge < -0.3 is 10.1 Å². The molecule has 24 heavy (non-hydrogen) atoms. The van der Waals surface area contributed by atoms with Gasteiger partial charge in [-0.05, 0) is 43.9 Å². The van der Waals surface area contributed by atoms with Crippen molar-refractivity contribution in [1.29, 1.82) is 0 Å². The van der Waals surface area contributed by atoms with Crippen LogP contribution in [-0.2, 0) is 14.3 Å². The van der Waals surface area contributed by atoms with E-state index < -0.39 is 5.97 Å². The molecule has 0 spiro atoms. The molecule has 126 valence electrons. The number of hydrogen-bond acceptors (Lipinski definition) is 4. The van der Waals surface area contributed by atoms with E-state index in [1.165, 1.54) is 11.3 Å². The van der Waals surface area contributed by atoms with Crippen LogP contribution in [-0.4, -0.2) is 24.5 Å². The molecule has 0 saturated heterocycles. The number of carbonyl (C=O) groups is 2. The van der Waals surface area contributed by atoms with Crippen LogP contribution in [0.3, 0.4) is 0 Å². The highest BCUT2D eigenvalue weighted by Gasteiger charge is 2.16. The molecule has 0 radical (unpaired) electrons. The van der Waals surface area contributed by atoms with Gasteiger partial charge in [0.25, 0.3) is 5.91 Å². The minimum atomic E-state index is -0.502. The van der Waals surface area contributed by atoms with Crippen molar-refractivity contribution in [1.82, 2.24) is 5.32 Å². The zero-order chi connectivity index (χ0) is 17.5. The molecule has 2 rings (SSSR count). The molecular weight excluding hydrogens is 322 g/mol. The number of aryl methyl sites for hydroxylation is 1. The predicted octanol–water partition coefficient (Wildman–Crippen LogP) is 3.66. The monoisotopic (exact) mass is 343 g/mol. The molecule has 1 amide bonds. The molecule has 5 heteroatoms. The minimum Gasteiger partial charge on any atom is -0.452 e. The van der Waals surface area contributed by atoms with E-state index in [2.05, 4.69) is 5.32 Å². The Hall–Kier alpha value is -2.40. The van der Waals surface area contributed by atoms with E-state index in [0.29, 0.717) is 5.57 Å². The number of rotatable bonds is 6. The lowest BCUT2D eigenvalue weighted by molar-refractivity contribution is -0.143. The van der Waals surface area contributed by atoms with Gasteiger partial charge in [-0.25, -0.2) is 4.79 Å². The summed E-state index contributed by atoms with van der Waals surface area (Å²) in [5.74, 6) is -0.808. The topological polar surface area (TPSA) is 55.4 Å². The second-order valence-electron chi connectivity index (χ2n) is 5.75. The summed E-state index contributed by atoms with van der Waals surface area (Å²) in [6, 6.07) is 11.6. The molecule has 0 atom stereocenters. The molecule has 0 aliphatic rings. The summed E-state index contributed by atoms with van der Waals surface area (Å²) in [5, 5.41) is 4.60. The fourth-order valence-corrected chi connectivity index (χ4v) is 2.89. The number of ether oxygens (including phenoxy) is 1.